The number of likely N-dealkylation sites (tertiary alicyclic amines) is 1. The molecule has 1 aromatic rings. The van der Waals surface area contributed by atoms with E-state index in [1.807, 2.05) is 17.1 Å². The van der Waals surface area contributed by atoms with Crippen LogP contribution in [0.15, 0.2) is 36.4 Å². The fourth-order valence-electron chi connectivity index (χ4n) is 7.83. The first-order valence-electron chi connectivity index (χ1n) is 14.4. The van der Waals surface area contributed by atoms with Gasteiger partial charge in [-0.1, -0.05) is 75.8 Å². The third-order valence-corrected chi connectivity index (χ3v) is 10.2. The van der Waals surface area contributed by atoms with Gasteiger partial charge in [0.1, 0.15) is 11.6 Å². The minimum atomic E-state index is -1.13. The van der Waals surface area contributed by atoms with Crippen LogP contribution in [0.3, 0.4) is 0 Å². The number of halogens is 1. The average molecular weight is 540 g/mol. The molecule has 38 heavy (non-hydrogen) atoms. The smallest absolute Gasteiger partial charge is 0.246 e. The van der Waals surface area contributed by atoms with Gasteiger partial charge in [-0.05, 0) is 49.3 Å². The lowest BCUT2D eigenvalue weighted by atomic mass is 9.74. The van der Waals surface area contributed by atoms with Crippen LogP contribution in [0.25, 0.3) is 0 Å². The highest BCUT2D eigenvalue weighted by Crippen LogP contribution is 2.56. The monoisotopic (exact) mass is 539 g/mol. The second-order valence-corrected chi connectivity index (χ2v) is 12.6. The van der Waals surface area contributed by atoms with Crippen LogP contribution in [0.2, 0.25) is 5.02 Å². The second-order valence-electron chi connectivity index (χ2n) is 12.1. The van der Waals surface area contributed by atoms with E-state index in [1.165, 1.54) is 6.42 Å². The Morgan fingerprint density at radius 2 is 1.84 bits per heavy atom. The zero-order valence-electron chi connectivity index (χ0n) is 22.2. The van der Waals surface area contributed by atoms with Gasteiger partial charge >= 0.3 is 0 Å². The number of fused-ring (bicyclic) bond motifs is 1. The molecule has 2 aliphatic carbocycles. The van der Waals surface area contributed by atoms with Crippen molar-refractivity contribution in [1.29, 1.82) is 0 Å². The van der Waals surface area contributed by atoms with Crippen molar-refractivity contribution in [3.05, 3.63) is 41.4 Å². The molecule has 0 unspecified atom stereocenters. The molecule has 1 aromatic carbocycles. The molecular weight excluding hydrogens is 502 g/mol. The van der Waals surface area contributed by atoms with Crippen molar-refractivity contribution in [2.24, 2.45) is 23.7 Å². The van der Waals surface area contributed by atoms with Crippen LogP contribution in [-0.4, -0.2) is 52.5 Å². The quantitative estimate of drug-likeness (QED) is 0.531. The molecule has 3 amide bonds. The number of ether oxygens (including phenoxy) is 1. The van der Waals surface area contributed by atoms with Gasteiger partial charge in [0.2, 0.25) is 17.7 Å². The van der Waals surface area contributed by atoms with Gasteiger partial charge in [-0.15, -0.1) is 0 Å². The first-order chi connectivity index (χ1) is 18.3. The van der Waals surface area contributed by atoms with Crippen molar-refractivity contribution in [2.45, 2.75) is 95.0 Å². The minimum Gasteiger partial charge on any atom is -0.359 e. The van der Waals surface area contributed by atoms with E-state index in [1.54, 1.807) is 24.3 Å². The van der Waals surface area contributed by atoms with Crippen LogP contribution in [0.1, 0.15) is 65.2 Å². The number of anilines is 1. The van der Waals surface area contributed by atoms with Crippen LogP contribution < -0.4 is 10.6 Å². The van der Waals surface area contributed by atoms with Gasteiger partial charge in [0.15, 0.2) is 0 Å². The molecule has 2 bridgehead atoms. The molecule has 2 saturated carbocycles. The molecule has 8 atom stereocenters. The number of nitrogens with one attached hydrogen (secondary N) is 2. The van der Waals surface area contributed by atoms with E-state index in [0.717, 1.165) is 44.9 Å². The topological polar surface area (TPSA) is 87.7 Å². The largest absolute Gasteiger partial charge is 0.359 e. The maximum Gasteiger partial charge on any atom is 0.246 e. The van der Waals surface area contributed by atoms with Crippen LogP contribution in [-0.2, 0) is 19.1 Å². The average Bonchev–Trinajstić information content (AvgIpc) is 3.54. The number of rotatable bonds is 5. The van der Waals surface area contributed by atoms with Crippen molar-refractivity contribution in [2.75, 3.05) is 5.32 Å². The van der Waals surface area contributed by atoms with Gasteiger partial charge in [0.05, 0.1) is 17.9 Å². The summed E-state index contributed by atoms with van der Waals surface area (Å²) in [6, 6.07) is 6.28. The van der Waals surface area contributed by atoms with Gasteiger partial charge < -0.3 is 20.3 Å². The van der Waals surface area contributed by atoms with Gasteiger partial charge in [-0.2, -0.15) is 0 Å². The highest BCUT2D eigenvalue weighted by atomic mass is 35.5. The van der Waals surface area contributed by atoms with Crippen LogP contribution in [0, 0.1) is 23.7 Å². The molecule has 0 radical (unpaired) electrons. The summed E-state index contributed by atoms with van der Waals surface area (Å²) in [5, 5.41) is 6.77. The predicted octanol–water partition coefficient (Wildman–Crippen LogP) is 4.70. The SMILES string of the molecule is C[C@@H]1[C@H](C)CCC[C@@H]1N1C(=O)[C@@H]2[C@H](C(=O)Nc3cccc(Cl)c3)[C@@H]3C=C[C@@]2(O3)[C@H]1C(=O)NC1CCCCC1. The first kappa shape index (κ1) is 25.9. The van der Waals surface area contributed by atoms with Gasteiger partial charge in [0, 0.05) is 22.8 Å². The van der Waals surface area contributed by atoms with Crippen molar-refractivity contribution in [3.8, 4) is 0 Å². The Balaban J connectivity index is 1.34. The molecular formula is C30H38ClN3O4. The number of benzene rings is 1. The number of carbonyl (C=O) groups excluding carboxylic acids is 3. The van der Waals surface area contributed by atoms with E-state index in [2.05, 4.69) is 24.5 Å². The number of nitrogens with zero attached hydrogens (tertiary/aromatic N) is 1. The molecule has 3 heterocycles. The summed E-state index contributed by atoms with van der Waals surface area (Å²) < 4.78 is 6.53. The summed E-state index contributed by atoms with van der Waals surface area (Å²) in [5.41, 5.74) is -0.552. The van der Waals surface area contributed by atoms with E-state index in [-0.39, 0.29) is 35.7 Å². The highest BCUT2D eigenvalue weighted by Gasteiger charge is 2.73. The Bertz CT molecular complexity index is 1150. The van der Waals surface area contributed by atoms with E-state index in [4.69, 9.17) is 16.3 Å². The summed E-state index contributed by atoms with van der Waals surface area (Å²) >= 11 is 6.13. The maximum atomic E-state index is 14.4. The lowest BCUT2D eigenvalue weighted by Crippen LogP contribution is -2.60. The molecule has 3 aliphatic heterocycles. The lowest BCUT2D eigenvalue weighted by molar-refractivity contribution is -0.146. The predicted molar refractivity (Wildman–Crippen MR) is 145 cm³/mol. The highest BCUT2D eigenvalue weighted by molar-refractivity contribution is 6.30. The second kappa shape index (κ2) is 9.98. The standard InChI is InChI=1S/C30H38ClN3O4/c1-17-8-6-13-22(18(17)2)34-26(28(36)32-20-10-4-3-5-11-20)30-15-14-23(38-30)24(25(30)29(34)37)27(35)33-21-12-7-9-19(31)16-21/h7,9,12,14-18,20,22-26H,3-6,8,10-11,13H2,1-2H3,(H,32,36)(H,33,35)/t17-,18-,22+,23+,24-,25+,26-,30+/m1/s1. The van der Waals surface area contributed by atoms with Crippen molar-refractivity contribution in [3.63, 3.8) is 0 Å². The molecule has 1 spiro atoms. The zero-order chi connectivity index (χ0) is 26.6. The molecule has 4 fully saturated rings. The number of carbonyl (C=O) groups is 3. The van der Waals surface area contributed by atoms with Gasteiger partial charge in [0.25, 0.3) is 0 Å². The third kappa shape index (κ3) is 4.17. The number of hydrogen-bond acceptors (Lipinski definition) is 4. The molecule has 8 heteroatoms. The molecule has 5 aliphatic rings. The first-order valence-corrected chi connectivity index (χ1v) is 14.7. The Kier molecular flexibility index (Phi) is 6.79. The fourth-order valence-corrected chi connectivity index (χ4v) is 8.02. The summed E-state index contributed by atoms with van der Waals surface area (Å²) in [5.74, 6) is -1.28. The van der Waals surface area contributed by atoms with E-state index in [0.29, 0.717) is 16.6 Å². The molecule has 0 aromatic heterocycles. The molecule has 2 saturated heterocycles. The number of amides is 3. The Morgan fingerprint density at radius 1 is 1.05 bits per heavy atom. The molecule has 204 valence electrons. The maximum absolute atomic E-state index is 14.4. The molecule has 2 N–H and O–H groups in total. The summed E-state index contributed by atoms with van der Waals surface area (Å²) in [6.45, 7) is 4.43. The van der Waals surface area contributed by atoms with E-state index < -0.39 is 29.6 Å². The normalized spacial score (nSPS) is 38.3. The lowest BCUT2D eigenvalue weighted by Gasteiger charge is -2.44. The van der Waals surface area contributed by atoms with Crippen molar-refractivity contribution < 1.29 is 19.1 Å². The van der Waals surface area contributed by atoms with Gasteiger partial charge in [-0.25, -0.2) is 0 Å². The van der Waals surface area contributed by atoms with Crippen molar-refractivity contribution in [1.82, 2.24) is 10.2 Å². The third-order valence-electron chi connectivity index (χ3n) is 9.93. The van der Waals surface area contributed by atoms with Crippen LogP contribution in [0.4, 0.5) is 5.69 Å². The zero-order valence-corrected chi connectivity index (χ0v) is 23.0. The molecule has 6 rings (SSSR count). The van der Waals surface area contributed by atoms with Gasteiger partial charge in [-0.3, -0.25) is 14.4 Å². The van der Waals surface area contributed by atoms with E-state index >= 15 is 0 Å². The minimum absolute atomic E-state index is 0.0546. The Hall–Kier alpha value is -2.38. The van der Waals surface area contributed by atoms with Crippen LogP contribution >= 0.6 is 11.6 Å². The number of hydrogen-bond donors (Lipinski definition) is 2. The van der Waals surface area contributed by atoms with Crippen molar-refractivity contribution >= 4 is 35.0 Å². The Morgan fingerprint density at radius 3 is 2.61 bits per heavy atom. The van der Waals surface area contributed by atoms with E-state index in [9.17, 15) is 14.4 Å². The summed E-state index contributed by atoms with van der Waals surface area (Å²) in [6.07, 6.45) is 11.6. The van der Waals surface area contributed by atoms with Crippen LogP contribution in [0.5, 0.6) is 0 Å². The summed E-state index contributed by atoms with van der Waals surface area (Å²) in [4.78, 5) is 44.0. The fraction of sp³-hybridized carbons (Fsp3) is 0.633. The Labute approximate surface area is 229 Å². The summed E-state index contributed by atoms with van der Waals surface area (Å²) in [7, 11) is 0. The molecule has 7 nitrogen and oxygen atoms in total.